The van der Waals surface area contributed by atoms with Crippen molar-refractivity contribution in [2.45, 2.75) is 32.4 Å². The third kappa shape index (κ3) is 4.22. The van der Waals surface area contributed by atoms with Gasteiger partial charge in [0.2, 0.25) is 0 Å². The number of aryl methyl sites for hydroxylation is 1. The van der Waals surface area contributed by atoms with Crippen molar-refractivity contribution in [2.24, 2.45) is 5.73 Å². The van der Waals surface area contributed by atoms with Crippen molar-refractivity contribution in [3.8, 4) is 5.75 Å². The summed E-state index contributed by atoms with van der Waals surface area (Å²) in [6, 6.07) is 13.7. The van der Waals surface area contributed by atoms with Gasteiger partial charge in [-0.2, -0.15) is 0 Å². The first-order valence-corrected chi connectivity index (χ1v) is 8.12. The fraction of sp³-hybridized carbons (Fsp3) is 0.294. The van der Waals surface area contributed by atoms with Gasteiger partial charge >= 0.3 is 0 Å². The molecule has 2 aromatic carbocycles. The second-order valence-electron chi connectivity index (χ2n) is 5.10. The lowest BCUT2D eigenvalue weighted by Gasteiger charge is -2.25. The Labute approximate surface area is 139 Å². The Kier molecular flexibility index (Phi) is 5.68. The average molecular weight is 369 g/mol. The van der Waals surface area contributed by atoms with Gasteiger partial charge in [0.25, 0.3) is 0 Å². The molecule has 2 unspecified atom stereocenters. The van der Waals surface area contributed by atoms with Crippen molar-refractivity contribution in [1.82, 2.24) is 0 Å². The van der Waals surface area contributed by atoms with Gasteiger partial charge in [0.05, 0.1) is 5.02 Å². The predicted molar refractivity (Wildman–Crippen MR) is 92.0 cm³/mol. The molecule has 0 spiro atoms. The summed E-state index contributed by atoms with van der Waals surface area (Å²) in [5, 5.41) is 0.610. The van der Waals surface area contributed by atoms with Crippen LogP contribution in [0.25, 0.3) is 0 Å². The molecule has 0 bridgehead atoms. The van der Waals surface area contributed by atoms with Crippen LogP contribution in [0.15, 0.2) is 46.9 Å². The van der Waals surface area contributed by atoms with Gasteiger partial charge in [-0.1, -0.05) is 52.7 Å². The standard InChI is InChI=1S/C17H19BrClNO/c1-3-15(20)17(12-5-4-6-13(18)10-12)21-16-8-7-11(2)9-14(16)19/h4-10,15,17H,3,20H2,1-2H3. The Morgan fingerprint density at radius 3 is 2.62 bits per heavy atom. The molecule has 0 saturated carbocycles. The number of ether oxygens (including phenoxy) is 1. The van der Waals surface area contributed by atoms with Crippen molar-refractivity contribution in [3.05, 3.63) is 63.1 Å². The molecular formula is C17H19BrClNO. The van der Waals surface area contributed by atoms with Crippen LogP contribution < -0.4 is 10.5 Å². The van der Waals surface area contributed by atoms with E-state index in [0.29, 0.717) is 10.8 Å². The molecule has 21 heavy (non-hydrogen) atoms. The van der Waals surface area contributed by atoms with E-state index in [0.717, 1.165) is 22.0 Å². The Balaban J connectivity index is 2.33. The molecule has 0 heterocycles. The van der Waals surface area contributed by atoms with Gasteiger partial charge in [0.1, 0.15) is 11.9 Å². The zero-order chi connectivity index (χ0) is 15.4. The van der Waals surface area contributed by atoms with Gasteiger partial charge in [-0.25, -0.2) is 0 Å². The maximum Gasteiger partial charge on any atom is 0.139 e. The number of hydrogen-bond acceptors (Lipinski definition) is 2. The Hall–Kier alpha value is -1.03. The minimum absolute atomic E-state index is 0.100. The van der Waals surface area contributed by atoms with Crippen LogP contribution in [0, 0.1) is 6.92 Å². The fourth-order valence-corrected chi connectivity index (χ4v) is 2.84. The monoisotopic (exact) mass is 367 g/mol. The zero-order valence-corrected chi connectivity index (χ0v) is 14.5. The minimum atomic E-state index is -0.229. The van der Waals surface area contributed by atoms with Crippen LogP contribution in [0.2, 0.25) is 5.02 Å². The van der Waals surface area contributed by atoms with Gasteiger partial charge < -0.3 is 10.5 Å². The molecule has 0 aromatic heterocycles. The summed E-state index contributed by atoms with van der Waals surface area (Å²) < 4.78 is 7.12. The molecule has 0 saturated heterocycles. The summed E-state index contributed by atoms with van der Waals surface area (Å²) in [5.74, 6) is 0.663. The number of nitrogens with two attached hydrogens (primary N) is 1. The van der Waals surface area contributed by atoms with E-state index < -0.39 is 0 Å². The molecule has 2 nitrogen and oxygen atoms in total. The predicted octanol–water partition coefficient (Wildman–Crippen LogP) is 5.27. The molecule has 0 aliphatic carbocycles. The van der Waals surface area contributed by atoms with Crippen LogP contribution in [-0.4, -0.2) is 6.04 Å². The van der Waals surface area contributed by atoms with E-state index in [1.54, 1.807) is 0 Å². The summed E-state index contributed by atoms with van der Waals surface area (Å²) in [6.07, 6.45) is 0.591. The summed E-state index contributed by atoms with van der Waals surface area (Å²) in [7, 11) is 0. The summed E-state index contributed by atoms with van der Waals surface area (Å²) >= 11 is 9.75. The van der Waals surface area contributed by atoms with Crippen LogP contribution in [0.4, 0.5) is 0 Å². The largest absolute Gasteiger partial charge is 0.483 e. The number of hydrogen-bond donors (Lipinski definition) is 1. The smallest absolute Gasteiger partial charge is 0.139 e. The molecule has 0 fully saturated rings. The van der Waals surface area contributed by atoms with E-state index in [1.165, 1.54) is 0 Å². The number of rotatable bonds is 5. The quantitative estimate of drug-likeness (QED) is 0.780. The average Bonchev–Trinajstić information content (AvgIpc) is 2.45. The molecule has 0 radical (unpaired) electrons. The van der Waals surface area contributed by atoms with E-state index >= 15 is 0 Å². The Bertz CT molecular complexity index is 617. The van der Waals surface area contributed by atoms with Crippen LogP contribution >= 0.6 is 27.5 Å². The van der Waals surface area contributed by atoms with Gasteiger partial charge in [0, 0.05) is 10.5 Å². The van der Waals surface area contributed by atoms with Gasteiger partial charge in [-0.05, 0) is 48.7 Å². The van der Waals surface area contributed by atoms with Gasteiger partial charge in [-0.3, -0.25) is 0 Å². The molecule has 112 valence electrons. The van der Waals surface area contributed by atoms with Gasteiger partial charge in [0.15, 0.2) is 0 Å². The van der Waals surface area contributed by atoms with Crippen molar-refractivity contribution < 1.29 is 4.74 Å². The molecule has 2 aromatic rings. The summed E-state index contributed by atoms with van der Waals surface area (Å²) in [5.41, 5.74) is 8.38. The summed E-state index contributed by atoms with van der Waals surface area (Å²) in [6.45, 7) is 4.05. The molecule has 2 N–H and O–H groups in total. The highest BCUT2D eigenvalue weighted by molar-refractivity contribution is 9.10. The number of benzene rings is 2. The van der Waals surface area contributed by atoms with Crippen LogP contribution in [0.3, 0.4) is 0 Å². The van der Waals surface area contributed by atoms with E-state index in [-0.39, 0.29) is 12.1 Å². The SMILES string of the molecule is CCC(N)C(Oc1ccc(C)cc1Cl)c1cccc(Br)c1. The lowest BCUT2D eigenvalue weighted by Crippen LogP contribution is -2.31. The highest BCUT2D eigenvalue weighted by Crippen LogP contribution is 2.32. The topological polar surface area (TPSA) is 35.2 Å². The number of halogens is 2. The highest BCUT2D eigenvalue weighted by Gasteiger charge is 2.21. The molecule has 2 atom stereocenters. The minimum Gasteiger partial charge on any atom is -0.483 e. The lowest BCUT2D eigenvalue weighted by atomic mass is 10.0. The summed E-state index contributed by atoms with van der Waals surface area (Å²) in [4.78, 5) is 0. The molecule has 4 heteroatoms. The van der Waals surface area contributed by atoms with Crippen molar-refractivity contribution in [1.29, 1.82) is 0 Å². The maximum atomic E-state index is 6.27. The van der Waals surface area contributed by atoms with Crippen molar-refractivity contribution >= 4 is 27.5 Å². The van der Waals surface area contributed by atoms with Crippen LogP contribution in [-0.2, 0) is 0 Å². The fourth-order valence-electron chi connectivity index (χ4n) is 2.14. The second-order valence-corrected chi connectivity index (χ2v) is 6.42. The highest BCUT2D eigenvalue weighted by atomic mass is 79.9. The lowest BCUT2D eigenvalue weighted by molar-refractivity contribution is 0.171. The van der Waals surface area contributed by atoms with Crippen molar-refractivity contribution in [2.75, 3.05) is 0 Å². The van der Waals surface area contributed by atoms with Crippen LogP contribution in [0.5, 0.6) is 5.75 Å². The third-order valence-electron chi connectivity index (χ3n) is 3.38. The zero-order valence-electron chi connectivity index (χ0n) is 12.1. The first-order chi connectivity index (χ1) is 10.0. The Morgan fingerprint density at radius 2 is 2.00 bits per heavy atom. The first-order valence-electron chi connectivity index (χ1n) is 6.95. The molecule has 2 rings (SSSR count). The van der Waals surface area contributed by atoms with E-state index in [4.69, 9.17) is 22.1 Å². The molecule has 0 aliphatic rings. The van der Waals surface area contributed by atoms with Gasteiger partial charge in [-0.15, -0.1) is 0 Å². The molecular weight excluding hydrogens is 350 g/mol. The van der Waals surface area contributed by atoms with Crippen molar-refractivity contribution in [3.63, 3.8) is 0 Å². The third-order valence-corrected chi connectivity index (χ3v) is 4.17. The Morgan fingerprint density at radius 1 is 1.24 bits per heavy atom. The molecule has 0 amide bonds. The second kappa shape index (κ2) is 7.30. The first kappa shape index (κ1) is 16.3. The molecule has 0 aliphatic heterocycles. The van der Waals surface area contributed by atoms with E-state index in [9.17, 15) is 0 Å². The maximum absolute atomic E-state index is 6.27. The van der Waals surface area contributed by atoms with Crippen LogP contribution in [0.1, 0.15) is 30.6 Å². The normalized spacial score (nSPS) is 13.8. The van der Waals surface area contributed by atoms with E-state index in [1.807, 2.05) is 49.4 Å². The van der Waals surface area contributed by atoms with E-state index in [2.05, 4.69) is 22.9 Å².